The molecule has 2 N–H and O–H groups in total. The van der Waals surface area contributed by atoms with Crippen molar-refractivity contribution < 1.29 is 5.11 Å². The highest BCUT2D eigenvalue weighted by Gasteiger charge is 2.06. The third-order valence-corrected chi connectivity index (χ3v) is 2.31. The molecule has 0 fully saturated rings. The normalized spacial score (nSPS) is 12.9. The summed E-state index contributed by atoms with van der Waals surface area (Å²) in [5, 5.41) is 12.8. The van der Waals surface area contributed by atoms with Crippen LogP contribution in [0.4, 0.5) is 5.13 Å². The van der Waals surface area contributed by atoms with E-state index in [4.69, 9.17) is 5.11 Å². The van der Waals surface area contributed by atoms with E-state index >= 15 is 0 Å². The largest absolute Gasteiger partial charge is 0.394 e. The number of anilines is 1. The Hall–Kier alpha value is -0.680. The molecule has 1 heterocycles. The highest BCUT2D eigenvalue weighted by Crippen LogP contribution is 2.12. The molecule has 0 aromatic carbocycles. The van der Waals surface area contributed by atoms with E-state index < -0.39 is 0 Å². The van der Waals surface area contributed by atoms with Crippen LogP contribution in [0, 0.1) is 6.92 Å². The third kappa shape index (κ3) is 2.42. The molecule has 0 bridgehead atoms. The van der Waals surface area contributed by atoms with E-state index in [1.807, 2.05) is 13.8 Å². The Labute approximate surface area is 75.8 Å². The summed E-state index contributed by atoms with van der Waals surface area (Å²) in [5.74, 6) is 0.773. The zero-order chi connectivity index (χ0) is 8.97. The van der Waals surface area contributed by atoms with Crippen molar-refractivity contribution in [2.75, 3.05) is 11.9 Å². The summed E-state index contributed by atoms with van der Waals surface area (Å²) in [6, 6.07) is 0.0948. The van der Waals surface area contributed by atoms with Crippen LogP contribution < -0.4 is 5.32 Å². The van der Waals surface area contributed by atoms with E-state index in [1.54, 1.807) is 0 Å². The lowest BCUT2D eigenvalue weighted by Gasteiger charge is -2.11. The van der Waals surface area contributed by atoms with Gasteiger partial charge in [-0.1, -0.05) is 6.92 Å². The van der Waals surface area contributed by atoms with Crippen molar-refractivity contribution in [1.29, 1.82) is 0 Å². The standard InChI is InChI=1S/C7H13N3OS/c1-3-6(4-11)9-7-8-5(2)10-12-7/h6,11H,3-4H2,1-2H3,(H,8,9,10)/t6-/m1/s1. The van der Waals surface area contributed by atoms with Gasteiger partial charge in [0, 0.05) is 11.5 Å². The molecule has 12 heavy (non-hydrogen) atoms. The van der Waals surface area contributed by atoms with Crippen LogP contribution in [0.25, 0.3) is 0 Å². The Morgan fingerprint density at radius 2 is 2.42 bits per heavy atom. The number of aliphatic hydroxyl groups is 1. The molecule has 0 spiro atoms. The quantitative estimate of drug-likeness (QED) is 0.739. The highest BCUT2D eigenvalue weighted by atomic mass is 32.1. The number of nitrogens with one attached hydrogen (secondary N) is 1. The molecule has 0 radical (unpaired) electrons. The minimum atomic E-state index is 0.0948. The lowest BCUT2D eigenvalue weighted by Crippen LogP contribution is -2.22. The molecule has 0 amide bonds. The molecule has 1 atom stereocenters. The van der Waals surface area contributed by atoms with Crippen LogP contribution >= 0.6 is 11.5 Å². The Bertz CT molecular complexity index is 234. The maximum Gasteiger partial charge on any atom is 0.202 e. The van der Waals surface area contributed by atoms with Crippen LogP contribution in [0.5, 0.6) is 0 Å². The lowest BCUT2D eigenvalue weighted by atomic mass is 10.2. The monoisotopic (exact) mass is 187 g/mol. The number of hydrogen-bond acceptors (Lipinski definition) is 5. The second-order valence-corrected chi connectivity index (χ2v) is 3.33. The molecule has 0 saturated carbocycles. The zero-order valence-electron chi connectivity index (χ0n) is 7.24. The number of aliphatic hydroxyl groups excluding tert-OH is 1. The van der Waals surface area contributed by atoms with Gasteiger partial charge in [-0.05, 0) is 13.3 Å². The van der Waals surface area contributed by atoms with E-state index in [2.05, 4.69) is 14.7 Å². The molecule has 4 nitrogen and oxygen atoms in total. The fourth-order valence-corrected chi connectivity index (χ4v) is 1.46. The lowest BCUT2D eigenvalue weighted by molar-refractivity contribution is 0.272. The van der Waals surface area contributed by atoms with Gasteiger partial charge in [-0.2, -0.15) is 4.37 Å². The van der Waals surface area contributed by atoms with Crippen LogP contribution in [0.2, 0.25) is 0 Å². The molecular weight excluding hydrogens is 174 g/mol. The van der Waals surface area contributed by atoms with Crippen molar-refractivity contribution in [3.05, 3.63) is 5.82 Å². The van der Waals surface area contributed by atoms with Gasteiger partial charge >= 0.3 is 0 Å². The summed E-state index contributed by atoms with van der Waals surface area (Å²) in [5.41, 5.74) is 0. The number of aryl methyl sites for hydroxylation is 1. The van der Waals surface area contributed by atoms with Crippen LogP contribution in [0.3, 0.4) is 0 Å². The molecule has 0 saturated heterocycles. The maximum atomic E-state index is 8.89. The summed E-state index contributed by atoms with van der Waals surface area (Å²) in [7, 11) is 0. The molecule has 0 aliphatic heterocycles. The molecular formula is C7H13N3OS. The van der Waals surface area contributed by atoms with Crippen molar-refractivity contribution in [3.63, 3.8) is 0 Å². The van der Waals surface area contributed by atoms with Crippen molar-refractivity contribution in [2.45, 2.75) is 26.3 Å². The van der Waals surface area contributed by atoms with Crippen molar-refractivity contribution in [3.8, 4) is 0 Å². The fourth-order valence-electron chi connectivity index (χ4n) is 0.807. The van der Waals surface area contributed by atoms with Gasteiger partial charge in [0.15, 0.2) is 0 Å². The van der Waals surface area contributed by atoms with Crippen molar-refractivity contribution in [2.24, 2.45) is 0 Å². The second-order valence-electron chi connectivity index (χ2n) is 2.58. The minimum absolute atomic E-state index is 0.0948. The number of aromatic nitrogens is 2. The molecule has 5 heteroatoms. The highest BCUT2D eigenvalue weighted by molar-refractivity contribution is 7.09. The summed E-state index contributed by atoms with van der Waals surface area (Å²) in [6.07, 6.45) is 0.884. The average Bonchev–Trinajstić information content (AvgIpc) is 2.47. The van der Waals surface area contributed by atoms with Crippen LogP contribution in [-0.4, -0.2) is 27.1 Å². The van der Waals surface area contributed by atoms with E-state index in [9.17, 15) is 0 Å². The van der Waals surface area contributed by atoms with Crippen molar-refractivity contribution >= 4 is 16.7 Å². The van der Waals surface area contributed by atoms with Gasteiger partial charge in [0.25, 0.3) is 0 Å². The molecule has 1 aromatic heterocycles. The van der Waals surface area contributed by atoms with Gasteiger partial charge in [-0.3, -0.25) is 0 Å². The first-order valence-corrected chi connectivity index (χ1v) is 4.71. The van der Waals surface area contributed by atoms with Gasteiger partial charge in [0.1, 0.15) is 5.82 Å². The molecule has 0 aliphatic rings. The molecule has 0 unspecified atom stereocenters. The van der Waals surface area contributed by atoms with E-state index in [-0.39, 0.29) is 12.6 Å². The Kier molecular flexibility index (Phi) is 3.43. The van der Waals surface area contributed by atoms with Crippen LogP contribution in [-0.2, 0) is 0 Å². The summed E-state index contributed by atoms with van der Waals surface area (Å²) < 4.78 is 4.02. The third-order valence-electron chi connectivity index (χ3n) is 1.57. The first-order valence-electron chi connectivity index (χ1n) is 3.94. The number of hydrogen-bond donors (Lipinski definition) is 2. The number of nitrogens with zero attached hydrogens (tertiary/aromatic N) is 2. The average molecular weight is 187 g/mol. The molecule has 0 aliphatic carbocycles. The van der Waals surface area contributed by atoms with Gasteiger partial charge in [0.05, 0.1) is 12.6 Å². The SMILES string of the molecule is CC[C@H](CO)Nc1nc(C)ns1. The Morgan fingerprint density at radius 1 is 1.67 bits per heavy atom. The van der Waals surface area contributed by atoms with E-state index in [1.165, 1.54) is 11.5 Å². The predicted molar refractivity (Wildman–Crippen MR) is 49.4 cm³/mol. The minimum Gasteiger partial charge on any atom is -0.394 e. The van der Waals surface area contributed by atoms with Crippen molar-refractivity contribution in [1.82, 2.24) is 9.36 Å². The summed E-state index contributed by atoms with van der Waals surface area (Å²) in [4.78, 5) is 4.13. The van der Waals surface area contributed by atoms with Gasteiger partial charge in [-0.15, -0.1) is 0 Å². The Balaban J connectivity index is 2.50. The Morgan fingerprint density at radius 3 is 2.83 bits per heavy atom. The number of rotatable bonds is 4. The topological polar surface area (TPSA) is 58.0 Å². The summed E-state index contributed by atoms with van der Waals surface area (Å²) >= 11 is 1.33. The molecule has 1 rings (SSSR count). The van der Waals surface area contributed by atoms with Gasteiger partial charge in [0.2, 0.25) is 5.13 Å². The first kappa shape index (κ1) is 9.41. The second kappa shape index (κ2) is 4.37. The summed E-state index contributed by atoms with van der Waals surface area (Å²) in [6.45, 7) is 4.00. The van der Waals surface area contributed by atoms with E-state index in [0.717, 1.165) is 17.4 Å². The smallest absolute Gasteiger partial charge is 0.202 e. The maximum absolute atomic E-state index is 8.89. The van der Waals surface area contributed by atoms with Gasteiger partial charge in [-0.25, -0.2) is 4.98 Å². The van der Waals surface area contributed by atoms with Crippen LogP contribution in [0.1, 0.15) is 19.2 Å². The fraction of sp³-hybridized carbons (Fsp3) is 0.714. The zero-order valence-corrected chi connectivity index (χ0v) is 8.06. The van der Waals surface area contributed by atoms with Gasteiger partial charge < -0.3 is 10.4 Å². The first-order chi connectivity index (χ1) is 5.76. The molecule has 1 aromatic rings. The molecule has 68 valence electrons. The van der Waals surface area contributed by atoms with E-state index in [0.29, 0.717) is 0 Å². The van der Waals surface area contributed by atoms with Crippen LogP contribution in [0.15, 0.2) is 0 Å². The predicted octanol–water partition coefficient (Wildman–Crippen LogP) is 1.03.